The molecule has 1 N–H and O–H groups in total. The molecule has 0 heterocycles. The minimum Gasteiger partial charge on any atom is -0.373 e. The summed E-state index contributed by atoms with van der Waals surface area (Å²) in [6.45, 7) is 6.66. The number of rotatable bonds is 9. The van der Waals surface area contributed by atoms with E-state index in [-0.39, 0.29) is 0 Å². The Morgan fingerprint density at radius 1 is 1.26 bits per heavy atom. The molecule has 0 amide bonds. The minimum absolute atomic E-state index is 0.466. The third-order valence-electron chi connectivity index (χ3n) is 3.40. The Morgan fingerprint density at radius 2 is 2.00 bits per heavy atom. The second-order valence-corrected chi connectivity index (χ2v) is 5.87. The number of hydrogen-bond donors (Lipinski definition) is 1. The Kier molecular flexibility index (Phi) is 7.99. The summed E-state index contributed by atoms with van der Waals surface area (Å²) >= 11 is 1.90. The number of hydrogen-bond acceptors (Lipinski definition) is 3. The fourth-order valence-corrected chi connectivity index (χ4v) is 2.73. The largest absolute Gasteiger partial charge is 0.373 e. The molecule has 3 heteroatoms. The van der Waals surface area contributed by atoms with E-state index in [1.54, 1.807) is 0 Å². The van der Waals surface area contributed by atoms with Crippen molar-refractivity contribution in [3.05, 3.63) is 29.8 Å². The molecule has 2 nitrogen and oxygen atoms in total. The van der Waals surface area contributed by atoms with E-state index in [0.717, 1.165) is 19.5 Å². The van der Waals surface area contributed by atoms with Gasteiger partial charge in [-0.25, -0.2) is 0 Å². The lowest BCUT2D eigenvalue weighted by Gasteiger charge is -2.26. The SMILES string of the molecule is CCCNC(CC)c1ccccc1N(C)CCSC. The van der Waals surface area contributed by atoms with Crippen LogP contribution in [0.25, 0.3) is 0 Å². The monoisotopic (exact) mass is 280 g/mol. The van der Waals surface area contributed by atoms with Crippen LogP contribution in [0.3, 0.4) is 0 Å². The Balaban J connectivity index is 2.86. The van der Waals surface area contributed by atoms with Crippen molar-refractivity contribution in [3.8, 4) is 0 Å². The van der Waals surface area contributed by atoms with Gasteiger partial charge >= 0.3 is 0 Å². The van der Waals surface area contributed by atoms with E-state index >= 15 is 0 Å². The molecule has 19 heavy (non-hydrogen) atoms. The van der Waals surface area contributed by atoms with Crippen molar-refractivity contribution in [1.29, 1.82) is 0 Å². The first kappa shape index (κ1) is 16.4. The van der Waals surface area contributed by atoms with Gasteiger partial charge in [-0.3, -0.25) is 0 Å². The molecule has 0 aliphatic carbocycles. The fourth-order valence-electron chi connectivity index (χ4n) is 2.27. The number of para-hydroxylation sites is 1. The van der Waals surface area contributed by atoms with Gasteiger partial charge in [-0.15, -0.1) is 0 Å². The molecule has 108 valence electrons. The van der Waals surface area contributed by atoms with Crippen molar-refractivity contribution in [1.82, 2.24) is 5.32 Å². The van der Waals surface area contributed by atoms with Crippen molar-refractivity contribution < 1.29 is 0 Å². The van der Waals surface area contributed by atoms with Crippen LogP contribution < -0.4 is 10.2 Å². The molecule has 0 radical (unpaired) electrons. The first-order valence-corrected chi connectivity index (χ1v) is 8.66. The highest BCUT2D eigenvalue weighted by Crippen LogP contribution is 2.27. The summed E-state index contributed by atoms with van der Waals surface area (Å²) in [6.07, 6.45) is 4.48. The van der Waals surface area contributed by atoms with E-state index in [9.17, 15) is 0 Å². The van der Waals surface area contributed by atoms with E-state index in [0.29, 0.717) is 6.04 Å². The highest BCUT2D eigenvalue weighted by molar-refractivity contribution is 7.98. The predicted molar refractivity (Wildman–Crippen MR) is 89.4 cm³/mol. The second kappa shape index (κ2) is 9.27. The molecule has 0 aliphatic rings. The molecule has 1 aromatic carbocycles. The van der Waals surface area contributed by atoms with Crippen LogP contribution in [-0.2, 0) is 0 Å². The maximum Gasteiger partial charge on any atom is 0.0412 e. The average molecular weight is 280 g/mol. The van der Waals surface area contributed by atoms with Crippen LogP contribution in [0.2, 0.25) is 0 Å². The summed E-state index contributed by atoms with van der Waals surface area (Å²) in [6, 6.07) is 9.26. The lowest BCUT2D eigenvalue weighted by Crippen LogP contribution is -2.26. The first-order valence-electron chi connectivity index (χ1n) is 7.26. The van der Waals surface area contributed by atoms with Crippen LogP contribution in [0, 0.1) is 0 Å². The number of benzene rings is 1. The summed E-state index contributed by atoms with van der Waals surface area (Å²) in [5.41, 5.74) is 2.80. The highest BCUT2D eigenvalue weighted by Gasteiger charge is 2.14. The number of thioether (sulfide) groups is 1. The lowest BCUT2D eigenvalue weighted by atomic mass is 10.0. The lowest BCUT2D eigenvalue weighted by molar-refractivity contribution is 0.518. The first-order chi connectivity index (χ1) is 9.24. The summed E-state index contributed by atoms with van der Waals surface area (Å²) < 4.78 is 0. The summed E-state index contributed by atoms with van der Waals surface area (Å²) in [5, 5.41) is 3.65. The molecule has 1 atom stereocenters. The zero-order valence-electron chi connectivity index (χ0n) is 12.8. The zero-order chi connectivity index (χ0) is 14.1. The molecule has 1 aromatic rings. The average Bonchev–Trinajstić information content (AvgIpc) is 2.46. The highest BCUT2D eigenvalue weighted by atomic mass is 32.2. The maximum absolute atomic E-state index is 3.65. The van der Waals surface area contributed by atoms with Crippen molar-refractivity contribution in [2.45, 2.75) is 32.7 Å². The Hall–Kier alpha value is -0.670. The molecule has 0 saturated carbocycles. The van der Waals surface area contributed by atoms with Crippen molar-refractivity contribution >= 4 is 17.4 Å². The Bertz CT molecular complexity index is 354. The fraction of sp³-hybridized carbons (Fsp3) is 0.625. The van der Waals surface area contributed by atoms with Gasteiger partial charge in [0.25, 0.3) is 0 Å². The summed E-state index contributed by atoms with van der Waals surface area (Å²) in [4.78, 5) is 2.38. The third-order valence-corrected chi connectivity index (χ3v) is 3.99. The summed E-state index contributed by atoms with van der Waals surface area (Å²) in [5.74, 6) is 1.17. The van der Waals surface area contributed by atoms with Gasteiger partial charge < -0.3 is 10.2 Å². The van der Waals surface area contributed by atoms with Gasteiger partial charge in [0.15, 0.2) is 0 Å². The molecule has 1 rings (SSSR count). The zero-order valence-corrected chi connectivity index (χ0v) is 13.6. The molecule has 0 aromatic heterocycles. The van der Waals surface area contributed by atoms with Crippen LogP contribution >= 0.6 is 11.8 Å². The molecule has 0 aliphatic heterocycles. The Morgan fingerprint density at radius 3 is 2.63 bits per heavy atom. The van der Waals surface area contributed by atoms with Gasteiger partial charge in [0.05, 0.1) is 0 Å². The van der Waals surface area contributed by atoms with E-state index in [2.05, 4.69) is 61.6 Å². The molecular weight excluding hydrogens is 252 g/mol. The van der Waals surface area contributed by atoms with E-state index in [1.807, 2.05) is 11.8 Å². The topological polar surface area (TPSA) is 15.3 Å². The van der Waals surface area contributed by atoms with Crippen LogP contribution in [0.1, 0.15) is 38.3 Å². The van der Waals surface area contributed by atoms with Crippen LogP contribution in [0.5, 0.6) is 0 Å². The molecule has 0 saturated heterocycles. The van der Waals surface area contributed by atoms with Gasteiger partial charge in [0, 0.05) is 31.1 Å². The third kappa shape index (κ3) is 5.07. The molecule has 1 unspecified atom stereocenters. The maximum atomic E-state index is 3.65. The van der Waals surface area contributed by atoms with Crippen molar-refractivity contribution in [2.24, 2.45) is 0 Å². The van der Waals surface area contributed by atoms with Gasteiger partial charge in [0.1, 0.15) is 0 Å². The van der Waals surface area contributed by atoms with Crippen LogP contribution in [0.15, 0.2) is 24.3 Å². The molecule has 0 spiro atoms. The number of nitrogens with zero attached hydrogens (tertiary/aromatic N) is 1. The quantitative estimate of drug-likeness (QED) is 0.737. The van der Waals surface area contributed by atoms with Crippen LogP contribution in [0.4, 0.5) is 5.69 Å². The molecule has 0 bridgehead atoms. The van der Waals surface area contributed by atoms with Gasteiger partial charge in [-0.2, -0.15) is 11.8 Å². The smallest absolute Gasteiger partial charge is 0.0412 e. The van der Waals surface area contributed by atoms with Gasteiger partial charge in [-0.05, 0) is 37.3 Å². The molecule has 0 fully saturated rings. The summed E-state index contributed by atoms with van der Waals surface area (Å²) in [7, 11) is 2.20. The van der Waals surface area contributed by atoms with Gasteiger partial charge in [0.2, 0.25) is 0 Å². The minimum atomic E-state index is 0.466. The van der Waals surface area contributed by atoms with Crippen molar-refractivity contribution in [2.75, 3.05) is 37.0 Å². The van der Waals surface area contributed by atoms with E-state index in [4.69, 9.17) is 0 Å². The van der Waals surface area contributed by atoms with Crippen LogP contribution in [-0.4, -0.2) is 32.1 Å². The Labute approximate surface area is 123 Å². The second-order valence-electron chi connectivity index (χ2n) is 4.89. The number of nitrogens with one attached hydrogen (secondary N) is 1. The molecular formula is C16H28N2S. The predicted octanol–water partition coefficient (Wildman–Crippen LogP) is 3.94. The number of anilines is 1. The van der Waals surface area contributed by atoms with E-state index < -0.39 is 0 Å². The van der Waals surface area contributed by atoms with E-state index in [1.165, 1.54) is 23.4 Å². The normalized spacial score (nSPS) is 12.4. The standard InChI is InChI=1S/C16H28N2S/c1-5-11-17-15(6-2)14-9-7-8-10-16(14)18(3)12-13-19-4/h7-10,15,17H,5-6,11-13H2,1-4H3. The van der Waals surface area contributed by atoms with Crippen molar-refractivity contribution in [3.63, 3.8) is 0 Å². The van der Waals surface area contributed by atoms with Gasteiger partial charge in [-0.1, -0.05) is 32.0 Å².